The third-order valence-electron chi connectivity index (χ3n) is 4.37. The Bertz CT molecular complexity index is 272. The summed E-state index contributed by atoms with van der Waals surface area (Å²) in [5.74, 6) is 3.28. The summed E-state index contributed by atoms with van der Waals surface area (Å²) in [6, 6.07) is 2.46. The van der Waals surface area contributed by atoms with Gasteiger partial charge in [-0.3, -0.25) is 0 Å². The van der Waals surface area contributed by atoms with Crippen molar-refractivity contribution < 1.29 is 5.11 Å². The van der Waals surface area contributed by atoms with Gasteiger partial charge in [-0.1, -0.05) is 6.92 Å². The maximum Gasteiger partial charge on any atom is 0.0835 e. The summed E-state index contributed by atoms with van der Waals surface area (Å²) in [7, 11) is 0. The van der Waals surface area contributed by atoms with Gasteiger partial charge < -0.3 is 5.11 Å². The van der Waals surface area contributed by atoms with Crippen LogP contribution in [0.5, 0.6) is 0 Å². The van der Waals surface area contributed by atoms with Gasteiger partial charge >= 0.3 is 0 Å². The zero-order valence-corrected chi connectivity index (χ0v) is 10.8. The predicted octanol–water partition coefficient (Wildman–Crippen LogP) is 2.82. The molecule has 1 aliphatic carbocycles. The molecular weight excluding hydrogens is 218 g/mol. The summed E-state index contributed by atoms with van der Waals surface area (Å²) in [6.45, 7) is 2.25. The van der Waals surface area contributed by atoms with E-state index in [0.717, 1.165) is 49.5 Å². The second kappa shape index (κ2) is 4.98. The Labute approximate surface area is 102 Å². The molecule has 0 radical (unpaired) electrons. The van der Waals surface area contributed by atoms with Crippen LogP contribution in [0.2, 0.25) is 0 Å². The monoisotopic (exact) mass is 239 g/mol. The molecule has 0 spiro atoms. The van der Waals surface area contributed by atoms with E-state index in [0.29, 0.717) is 5.92 Å². The molecule has 0 bridgehead atoms. The molecule has 0 aromatic carbocycles. The topological polar surface area (TPSA) is 44.0 Å². The second-order valence-electron chi connectivity index (χ2n) is 5.52. The zero-order valence-electron chi connectivity index (χ0n) is 9.98. The summed E-state index contributed by atoms with van der Waals surface area (Å²) in [6.07, 6.45) is 4.69. The minimum Gasteiger partial charge on any atom is -0.391 e. The number of aliphatic hydroxyl groups excluding tert-OH is 1. The van der Waals surface area contributed by atoms with Crippen LogP contribution < -0.4 is 0 Å². The Hall–Kier alpha value is -0.200. The average Bonchev–Trinajstić information content (AvgIpc) is 2.83. The van der Waals surface area contributed by atoms with Gasteiger partial charge in [0.1, 0.15) is 0 Å². The van der Waals surface area contributed by atoms with Gasteiger partial charge in [-0.2, -0.15) is 17.0 Å². The Morgan fingerprint density at radius 3 is 2.56 bits per heavy atom. The molecule has 0 aromatic heterocycles. The summed E-state index contributed by atoms with van der Waals surface area (Å²) in [5, 5.41) is 19.9. The number of nitriles is 1. The van der Waals surface area contributed by atoms with E-state index in [-0.39, 0.29) is 6.10 Å². The van der Waals surface area contributed by atoms with Crippen LogP contribution in [0.3, 0.4) is 0 Å². The molecule has 2 fully saturated rings. The number of nitrogens with zero attached hydrogens (tertiary/aromatic N) is 1. The number of hydrogen-bond donors (Lipinski definition) is 1. The highest BCUT2D eigenvalue weighted by atomic mass is 32.2. The Morgan fingerprint density at radius 2 is 2.06 bits per heavy atom. The van der Waals surface area contributed by atoms with Gasteiger partial charge in [-0.15, -0.1) is 0 Å². The van der Waals surface area contributed by atoms with E-state index in [1.54, 1.807) is 0 Å². The highest BCUT2D eigenvalue weighted by Gasteiger charge is 2.44. The fourth-order valence-corrected chi connectivity index (χ4v) is 4.29. The quantitative estimate of drug-likeness (QED) is 0.806. The van der Waals surface area contributed by atoms with E-state index >= 15 is 0 Å². The molecule has 0 amide bonds. The Kier molecular flexibility index (Phi) is 3.81. The number of hydrogen-bond acceptors (Lipinski definition) is 3. The van der Waals surface area contributed by atoms with Crippen molar-refractivity contribution in [3.63, 3.8) is 0 Å². The molecule has 2 nitrogen and oxygen atoms in total. The first kappa shape index (κ1) is 12.3. The van der Waals surface area contributed by atoms with Crippen LogP contribution in [0.25, 0.3) is 0 Å². The van der Waals surface area contributed by atoms with Crippen molar-refractivity contribution >= 4 is 11.8 Å². The van der Waals surface area contributed by atoms with E-state index in [1.807, 2.05) is 11.8 Å². The van der Waals surface area contributed by atoms with E-state index in [2.05, 4.69) is 13.0 Å². The minimum absolute atomic E-state index is 0.359. The van der Waals surface area contributed by atoms with Crippen LogP contribution in [-0.4, -0.2) is 22.7 Å². The molecule has 2 aliphatic rings. The maximum atomic E-state index is 10.5. The maximum absolute atomic E-state index is 10.5. The summed E-state index contributed by atoms with van der Waals surface area (Å²) >= 11 is 1.91. The standard InChI is InChI=1S/C13H21NOS/c1-10-2-5-13(9-14,6-3-10)12(15)11-4-7-16-8-11/h10-12,15H,2-8H2,1H3. The van der Waals surface area contributed by atoms with Crippen molar-refractivity contribution in [1.29, 1.82) is 5.26 Å². The second-order valence-corrected chi connectivity index (χ2v) is 6.67. The van der Waals surface area contributed by atoms with Crippen LogP contribution in [0.15, 0.2) is 0 Å². The van der Waals surface area contributed by atoms with Crippen molar-refractivity contribution in [3.05, 3.63) is 0 Å². The number of thioether (sulfide) groups is 1. The van der Waals surface area contributed by atoms with Gasteiger partial charge in [0.15, 0.2) is 0 Å². The molecule has 1 aliphatic heterocycles. The van der Waals surface area contributed by atoms with Crippen molar-refractivity contribution in [1.82, 2.24) is 0 Å². The molecule has 1 heterocycles. The molecular formula is C13H21NOS. The molecule has 2 atom stereocenters. The normalized spacial score (nSPS) is 41.6. The summed E-state index contributed by atoms with van der Waals surface area (Å²) in [4.78, 5) is 0. The Balaban J connectivity index is 2.06. The van der Waals surface area contributed by atoms with Gasteiger partial charge in [0.2, 0.25) is 0 Å². The lowest BCUT2D eigenvalue weighted by atomic mass is 9.66. The first-order chi connectivity index (χ1) is 7.68. The lowest BCUT2D eigenvalue weighted by molar-refractivity contribution is -0.00657. The molecule has 1 saturated heterocycles. The van der Waals surface area contributed by atoms with Gasteiger partial charge in [0, 0.05) is 0 Å². The molecule has 3 heteroatoms. The van der Waals surface area contributed by atoms with Crippen molar-refractivity contribution in [3.8, 4) is 6.07 Å². The van der Waals surface area contributed by atoms with Crippen LogP contribution in [0, 0.1) is 28.6 Å². The van der Waals surface area contributed by atoms with Crippen molar-refractivity contribution in [2.24, 2.45) is 17.3 Å². The van der Waals surface area contributed by atoms with Crippen molar-refractivity contribution in [2.45, 2.75) is 45.1 Å². The summed E-state index contributed by atoms with van der Waals surface area (Å²) in [5.41, 5.74) is -0.428. The summed E-state index contributed by atoms with van der Waals surface area (Å²) < 4.78 is 0. The van der Waals surface area contributed by atoms with Crippen LogP contribution >= 0.6 is 11.8 Å². The highest BCUT2D eigenvalue weighted by molar-refractivity contribution is 7.99. The average molecular weight is 239 g/mol. The van der Waals surface area contributed by atoms with Gasteiger partial charge in [0.25, 0.3) is 0 Å². The number of rotatable bonds is 2. The fraction of sp³-hybridized carbons (Fsp3) is 0.923. The van der Waals surface area contributed by atoms with Crippen LogP contribution in [0.4, 0.5) is 0 Å². The molecule has 2 unspecified atom stereocenters. The number of aliphatic hydroxyl groups is 1. The van der Waals surface area contributed by atoms with Crippen LogP contribution in [-0.2, 0) is 0 Å². The van der Waals surface area contributed by atoms with E-state index in [4.69, 9.17) is 0 Å². The molecule has 0 aromatic rings. The fourth-order valence-electron chi connectivity index (χ4n) is 3.00. The molecule has 1 N–H and O–H groups in total. The van der Waals surface area contributed by atoms with E-state index in [1.165, 1.54) is 0 Å². The van der Waals surface area contributed by atoms with Gasteiger partial charge in [0.05, 0.1) is 17.6 Å². The molecule has 2 rings (SSSR count). The lowest BCUT2D eigenvalue weighted by Gasteiger charge is -2.39. The largest absolute Gasteiger partial charge is 0.391 e. The van der Waals surface area contributed by atoms with Crippen molar-refractivity contribution in [2.75, 3.05) is 11.5 Å². The third-order valence-corrected chi connectivity index (χ3v) is 5.55. The smallest absolute Gasteiger partial charge is 0.0835 e. The lowest BCUT2D eigenvalue weighted by Crippen LogP contribution is -2.42. The zero-order chi connectivity index (χ0) is 11.6. The molecule has 16 heavy (non-hydrogen) atoms. The SMILES string of the molecule is CC1CCC(C#N)(C(O)C2CCSC2)CC1. The first-order valence-electron chi connectivity index (χ1n) is 6.35. The van der Waals surface area contributed by atoms with Gasteiger partial charge in [-0.05, 0) is 55.4 Å². The van der Waals surface area contributed by atoms with E-state index in [9.17, 15) is 10.4 Å². The first-order valence-corrected chi connectivity index (χ1v) is 7.50. The minimum atomic E-state index is -0.428. The highest BCUT2D eigenvalue weighted by Crippen LogP contribution is 2.45. The van der Waals surface area contributed by atoms with Crippen LogP contribution in [0.1, 0.15) is 39.0 Å². The Morgan fingerprint density at radius 1 is 1.38 bits per heavy atom. The molecule has 90 valence electrons. The third kappa shape index (κ3) is 2.24. The van der Waals surface area contributed by atoms with Gasteiger partial charge in [-0.25, -0.2) is 0 Å². The van der Waals surface area contributed by atoms with E-state index < -0.39 is 5.41 Å². The molecule has 1 saturated carbocycles. The predicted molar refractivity (Wildman–Crippen MR) is 67.1 cm³/mol.